The molecule has 0 aliphatic carbocycles. The zero-order valence-electron chi connectivity index (χ0n) is 17.6. The number of benzene rings is 1. The molecule has 2 aliphatic rings. The van der Waals surface area contributed by atoms with Crippen LogP contribution in [-0.2, 0) is 23.7 Å². The molecule has 33 heavy (non-hydrogen) atoms. The first-order chi connectivity index (χ1) is 15.5. The van der Waals surface area contributed by atoms with Crippen molar-refractivity contribution in [3.8, 4) is 5.75 Å². The fraction of sp³-hybridized carbons (Fsp3) is 0.632. The normalized spacial score (nSPS) is 39.1. The van der Waals surface area contributed by atoms with Gasteiger partial charge in [0.25, 0.3) is 5.69 Å². The minimum atomic E-state index is -2.19. The van der Waals surface area contributed by atoms with Crippen molar-refractivity contribution in [1.82, 2.24) is 0 Å². The van der Waals surface area contributed by atoms with Crippen molar-refractivity contribution in [1.29, 1.82) is 0 Å². The zero-order valence-corrected chi connectivity index (χ0v) is 17.6. The summed E-state index contributed by atoms with van der Waals surface area (Å²) in [6.07, 6.45) is -12.7. The smallest absolute Gasteiger partial charge is 0.335 e. The second-order valence-corrected chi connectivity index (χ2v) is 7.74. The fourth-order valence-electron chi connectivity index (χ4n) is 3.65. The van der Waals surface area contributed by atoms with Gasteiger partial charge < -0.3 is 49.2 Å². The van der Waals surface area contributed by atoms with Gasteiger partial charge in [0.15, 0.2) is 18.0 Å². The lowest BCUT2D eigenvalue weighted by Gasteiger charge is -2.49. The highest BCUT2D eigenvalue weighted by atomic mass is 16.8. The van der Waals surface area contributed by atoms with Crippen LogP contribution in [0.25, 0.3) is 0 Å². The first kappa shape index (κ1) is 25.2. The predicted octanol–water partition coefficient (Wildman–Crippen LogP) is -1.63. The van der Waals surface area contributed by atoms with Gasteiger partial charge in [0.1, 0.15) is 36.3 Å². The predicted molar refractivity (Wildman–Crippen MR) is 104 cm³/mol. The lowest BCUT2D eigenvalue weighted by atomic mass is 9.92. The van der Waals surface area contributed by atoms with Crippen LogP contribution < -0.4 is 4.74 Å². The van der Waals surface area contributed by atoms with Crippen molar-refractivity contribution in [3.05, 3.63) is 34.4 Å². The summed E-state index contributed by atoms with van der Waals surface area (Å²) in [7, 11) is 1.13. The highest BCUT2D eigenvalue weighted by Crippen LogP contribution is 2.36. The average molecular weight is 475 g/mol. The molecule has 9 atom stereocenters. The van der Waals surface area contributed by atoms with Gasteiger partial charge in [-0.25, -0.2) is 4.79 Å². The Morgan fingerprint density at radius 1 is 1.15 bits per heavy atom. The molecule has 0 saturated carbocycles. The Balaban J connectivity index is 1.85. The summed E-state index contributed by atoms with van der Waals surface area (Å²) in [5.41, 5.74) is -0.192. The van der Waals surface area contributed by atoms with E-state index in [4.69, 9.17) is 23.7 Å². The van der Waals surface area contributed by atoms with Gasteiger partial charge in [-0.1, -0.05) is 0 Å². The molecule has 1 aromatic carbocycles. The molecule has 0 aromatic heterocycles. The van der Waals surface area contributed by atoms with E-state index in [1.54, 1.807) is 0 Å². The molecule has 0 spiro atoms. The maximum Gasteiger partial charge on any atom is 0.335 e. The van der Waals surface area contributed by atoms with Crippen LogP contribution in [0.4, 0.5) is 5.69 Å². The molecule has 2 fully saturated rings. The number of nitro groups is 1. The second kappa shape index (κ2) is 9.82. The van der Waals surface area contributed by atoms with Gasteiger partial charge in [0, 0.05) is 19.2 Å². The molecular weight excluding hydrogens is 450 g/mol. The van der Waals surface area contributed by atoms with Crippen molar-refractivity contribution >= 4 is 11.7 Å². The molecule has 0 bridgehead atoms. The molecule has 5 N–H and O–H groups in total. The van der Waals surface area contributed by atoms with E-state index in [1.165, 1.54) is 24.3 Å². The minimum Gasteiger partial charge on any atom is -0.479 e. The summed E-state index contributed by atoms with van der Waals surface area (Å²) in [5, 5.41) is 61.8. The van der Waals surface area contributed by atoms with Crippen molar-refractivity contribution in [2.45, 2.75) is 61.7 Å². The average Bonchev–Trinajstić information content (AvgIpc) is 2.77. The summed E-state index contributed by atoms with van der Waals surface area (Å²) in [5.74, 6) is -3.59. The van der Waals surface area contributed by atoms with Crippen LogP contribution in [-0.4, -0.2) is 105 Å². The molecule has 0 amide bonds. The van der Waals surface area contributed by atoms with Crippen LogP contribution in [0.15, 0.2) is 24.3 Å². The summed E-state index contributed by atoms with van der Waals surface area (Å²) in [4.78, 5) is 21.8. The van der Waals surface area contributed by atoms with E-state index in [9.17, 15) is 40.4 Å². The minimum absolute atomic E-state index is 0.0981. The molecule has 2 heterocycles. The van der Waals surface area contributed by atoms with Gasteiger partial charge >= 0.3 is 5.97 Å². The molecule has 2 saturated heterocycles. The van der Waals surface area contributed by atoms with Crippen LogP contribution in [0.1, 0.15) is 6.92 Å². The Morgan fingerprint density at radius 3 is 2.33 bits per heavy atom. The summed E-state index contributed by atoms with van der Waals surface area (Å²) in [6, 6.07) is 4.90. The van der Waals surface area contributed by atoms with Gasteiger partial charge in [-0.05, 0) is 19.1 Å². The van der Waals surface area contributed by atoms with Gasteiger partial charge in [-0.3, -0.25) is 10.1 Å². The van der Waals surface area contributed by atoms with Crippen LogP contribution in [0.2, 0.25) is 0 Å². The van der Waals surface area contributed by atoms with E-state index in [-0.39, 0.29) is 18.0 Å². The van der Waals surface area contributed by atoms with E-state index in [2.05, 4.69) is 0 Å². The molecule has 14 heteroatoms. The highest BCUT2D eigenvalue weighted by molar-refractivity contribution is 5.73. The van der Waals surface area contributed by atoms with Crippen molar-refractivity contribution in [2.75, 3.05) is 13.7 Å². The monoisotopic (exact) mass is 475 g/mol. The zero-order chi connectivity index (χ0) is 24.5. The van der Waals surface area contributed by atoms with Crippen LogP contribution in [0.3, 0.4) is 0 Å². The highest BCUT2D eigenvalue weighted by Gasteiger charge is 2.57. The number of nitro benzene ring substituents is 1. The number of aliphatic hydroxyl groups is 4. The van der Waals surface area contributed by atoms with Crippen LogP contribution >= 0.6 is 0 Å². The van der Waals surface area contributed by atoms with Gasteiger partial charge in [-0.15, -0.1) is 0 Å². The number of carboxylic acid groups (broad SMARTS) is 1. The molecule has 0 radical (unpaired) electrons. The number of carboxylic acids is 1. The van der Waals surface area contributed by atoms with E-state index >= 15 is 0 Å². The molecule has 0 unspecified atom stereocenters. The standard InChI is InChI=1S/C19H25NO13/c1-19(16(24)12(23)13(29-2)15(33-19)17(25)26)32-14-11(22)10(21)7-30-18(14)31-9-5-3-8(4-6-9)20(27)28/h3-6,10-16,18,21-24H,7H2,1-2H3,(H,25,26)/t10-,11+,12+,13+,14-,15+,16-,18+,19+/m1/s1. The van der Waals surface area contributed by atoms with E-state index < -0.39 is 65.7 Å². The molecule has 14 nitrogen and oxygen atoms in total. The van der Waals surface area contributed by atoms with Crippen LogP contribution in [0, 0.1) is 10.1 Å². The SMILES string of the molecule is CO[C@H]1[C@H](O)[C@@H](O)[C@@](C)(O[C@H]2[C@H](Oc3ccc([N+](=O)[O-])cc3)OC[C@@H](O)[C@@H]2O)O[C@@H]1C(=O)O. The number of non-ortho nitro benzene ring substituents is 1. The first-order valence-corrected chi connectivity index (χ1v) is 9.84. The maximum atomic E-state index is 11.6. The number of methoxy groups -OCH3 is 1. The van der Waals surface area contributed by atoms with Crippen molar-refractivity contribution in [2.24, 2.45) is 0 Å². The summed E-state index contributed by atoms with van der Waals surface area (Å²) in [6.45, 7) is 0.782. The second-order valence-electron chi connectivity index (χ2n) is 7.74. The Morgan fingerprint density at radius 2 is 1.79 bits per heavy atom. The third-order valence-electron chi connectivity index (χ3n) is 5.47. The molecular formula is C19H25NO13. The lowest BCUT2D eigenvalue weighted by Crippen LogP contribution is -2.69. The molecule has 1 aromatic rings. The number of carbonyl (C=O) groups is 1. The number of rotatable bonds is 7. The molecule has 3 rings (SSSR count). The topological polar surface area (TPSA) is 208 Å². The number of aliphatic carboxylic acids is 1. The quantitative estimate of drug-likeness (QED) is 0.222. The first-order valence-electron chi connectivity index (χ1n) is 9.84. The number of aliphatic hydroxyl groups excluding tert-OH is 4. The van der Waals surface area contributed by atoms with Gasteiger partial charge in [0.05, 0.1) is 11.5 Å². The Bertz CT molecular complexity index is 851. The number of nitrogens with zero attached hydrogens (tertiary/aromatic N) is 1. The van der Waals surface area contributed by atoms with Crippen LogP contribution in [0.5, 0.6) is 5.75 Å². The fourth-order valence-corrected chi connectivity index (χ4v) is 3.65. The van der Waals surface area contributed by atoms with Crippen molar-refractivity contribution < 1.29 is 58.9 Å². The Kier molecular flexibility index (Phi) is 7.50. The van der Waals surface area contributed by atoms with E-state index in [0.717, 1.165) is 14.0 Å². The Labute approximate surface area is 187 Å². The van der Waals surface area contributed by atoms with Gasteiger partial charge in [0.2, 0.25) is 6.29 Å². The number of ether oxygens (including phenoxy) is 5. The molecule has 184 valence electrons. The largest absolute Gasteiger partial charge is 0.479 e. The maximum absolute atomic E-state index is 11.6. The van der Waals surface area contributed by atoms with Crippen molar-refractivity contribution in [3.63, 3.8) is 0 Å². The Hall–Kier alpha value is -2.43. The van der Waals surface area contributed by atoms with E-state index in [0.29, 0.717) is 0 Å². The van der Waals surface area contributed by atoms with Gasteiger partial charge in [-0.2, -0.15) is 0 Å². The molecule has 2 aliphatic heterocycles. The summed E-state index contributed by atoms with van der Waals surface area (Å²) < 4.78 is 27.0. The number of hydrogen-bond acceptors (Lipinski definition) is 12. The van der Waals surface area contributed by atoms with E-state index in [1.807, 2.05) is 0 Å². The summed E-state index contributed by atoms with van der Waals surface area (Å²) >= 11 is 0. The third kappa shape index (κ3) is 5.07. The number of hydrogen-bond donors (Lipinski definition) is 5. The lowest BCUT2D eigenvalue weighted by molar-refractivity contribution is -0.390. The third-order valence-corrected chi connectivity index (χ3v) is 5.47.